The van der Waals surface area contributed by atoms with Crippen LogP contribution in [0.5, 0.6) is 0 Å². The lowest BCUT2D eigenvalue weighted by molar-refractivity contribution is -0.318. The third kappa shape index (κ3) is 7.09. The van der Waals surface area contributed by atoms with Crippen LogP contribution in [0.2, 0.25) is 0 Å². The first-order valence-corrected chi connectivity index (χ1v) is 12.7. The number of rotatable bonds is 7. The lowest BCUT2D eigenvalue weighted by Crippen LogP contribution is -2.32. The van der Waals surface area contributed by atoms with Gasteiger partial charge in [0.2, 0.25) is 8.38 Å². The van der Waals surface area contributed by atoms with Gasteiger partial charge in [0, 0.05) is 36.4 Å². The van der Waals surface area contributed by atoms with E-state index in [0.29, 0.717) is 11.1 Å². The minimum absolute atomic E-state index is 0.0229. The molecule has 7 atom stereocenters. The van der Waals surface area contributed by atoms with Crippen LogP contribution in [0.1, 0.15) is 36.4 Å². The van der Waals surface area contributed by atoms with Crippen LogP contribution >= 0.6 is 8.38 Å². The summed E-state index contributed by atoms with van der Waals surface area (Å²) in [5.74, 6) is 0.270. The van der Waals surface area contributed by atoms with Gasteiger partial charge in [-0.15, -0.1) is 0 Å². The largest absolute Gasteiger partial charge is 0.394 e. The summed E-state index contributed by atoms with van der Waals surface area (Å²) < 4.78 is 17.5. The Balaban J connectivity index is 0.000000215. The molecule has 212 valence electrons. The van der Waals surface area contributed by atoms with Gasteiger partial charge in [-0.2, -0.15) is 19.5 Å². The standard InChI is InChI=1S/C10H16N3O7P.C10H15N3O4/c1-5-3-13(10(16)12-8(5)11)9-6(15)2-7(18-9)19-20-21(17)4-14;1-5-3-13(10(16)12-8(5)11)9-7(15)2-6(4-14)17-9/h3,6-7,9,14-15,17H,2,4H2,1H3,(H2,11,12,16);3,6-7,9,14-15H,2,4H2,1H3,(H2,11,12,16)/t6?,7-,9-,21?;6-,7?,9+/m10/s1. The molecular formula is C20H31N6O11P. The number of aliphatic hydroxyl groups excluding tert-OH is 4. The van der Waals surface area contributed by atoms with Crippen molar-refractivity contribution in [2.75, 3.05) is 24.4 Å². The van der Waals surface area contributed by atoms with Gasteiger partial charge >= 0.3 is 11.4 Å². The summed E-state index contributed by atoms with van der Waals surface area (Å²) in [6, 6.07) is 0. The number of hydrogen-bond donors (Lipinski definition) is 7. The fraction of sp³-hybridized carbons (Fsp3) is 0.600. The van der Waals surface area contributed by atoms with Crippen molar-refractivity contribution < 1.29 is 44.4 Å². The second-order valence-corrected chi connectivity index (χ2v) is 9.69. The van der Waals surface area contributed by atoms with E-state index in [0.717, 1.165) is 4.57 Å². The highest BCUT2D eigenvalue weighted by atomic mass is 31.2. The molecule has 18 heteroatoms. The molecule has 2 aromatic heterocycles. The van der Waals surface area contributed by atoms with E-state index in [-0.39, 0.29) is 31.1 Å². The second-order valence-electron chi connectivity index (χ2n) is 8.56. The summed E-state index contributed by atoms with van der Waals surface area (Å²) in [7, 11) is -2.12. The van der Waals surface area contributed by atoms with Crippen molar-refractivity contribution in [3.8, 4) is 0 Å². The van der Waals surface area contributed by atoms with Crippen molar-refractivity contribution >= 4 is 20.0 Å². The number of nitrogens with two attached hydrogens (primary N) is 2. The van der Waals surface area contributed by atoms with Gasteiger partial charge in [0.25, 0.3) is 0 Å². The van der Waals surface area contributed by atoms with Crippen molar-refractivity contribution in [1.29, 1.82) is 0 Å². The Morgan fingerprint density at radius 1 is 0.974 bits per heavy atom. The average molecular weight is 562 g/mol. The maximum absolute atomic E-state index is 11.8. The predicted molar refractivity (Wildman–Crippen MR) is 130 cm³/mol. The summed E-state index contributed by atoms with van der Waals surface area (Å²) in [5.41, 5.74) is 11.0. The number of ether oxygens (including phenoxy) is 2. The minimum Gasteiger partial charge on any atom is -0.394 e. The Kier molecular flexibility index (Phi) is 10.2. The third-order valence-electron chi connectivity index (χ3n) is 5.68. The molecule has 4 rings (SSSR count). The second kappa shape index (κ2) is 13.0. The van der Waals surface area contributed by atoms with E-state index in [1.54, 1.807) is 13.8 Å². The minimum atomic E-state index is -2.12. The van der Waals surface area contributed by atoms with Crippen molar-refractivity contribution in [3.63, 3.8) is 0 Å². The van der Waals surface area contributed by atoms with Crippen LogP contribution in [0.3, 0.4) is 0 Å². The molecular weight excluding hydrogens is 531 g/mol. The van der Waals surface area contributed by atoms with Gasteiger partial charge in [0.1, 0.15) is 30.2 Å². The van der Waals surface area contributed by atoms with E-state index >= 15 is 0 Å². The molecule has 38 heavy (non-hydrogen) atoms. The number of hydrogen-bond acceptors (Lipinski definition) is 15. The highest BCUT2D eigenvalue weighted by Gasteiger charge is 2.38. The molecule has 0 aromatic carbocycles. The molecule has 17 nitrogen and oxygen atoms in total. The van der Waals surface area contributed by atoms with E-state index in [4.69, 9.17) is 40.9 Å². The van der Waals surface area contributed by atoms with Gasteiger partial charge in [-0.25, -0.2) is 9.59 Å². The Morgan fingerprint density at radius 3 is 1.95 bits per heavy atom. The van der Waals surface area contributed by atoms with Gasteiger partial charge in [0.05, 0.1) is 12.7 Å². The molecule has 9 N–H and O–H groups in total. The molecule has 0 saturated carbocycles. The Bertz CT molecular complexity index is 1210. The molecule has 0 radical (unpaired) electrons. The number of aliphatic hydroxyl groups is 4. The van der Waals surface area contributed by atoms with Gasteiger partial charge < -0.3 is 46.3 Å². The zero-order valence-corrected chi connectivity index (χ0v) is 21.4. The van der Waals surface area contributed by atoms with Crippen molar-refractivity contribution in [2.45, 2.75) is 63.7 Å². The summed E-state index contributed by atoms with van der Waals surface area (Å²) in [4.78, 5) is 44.5. The number of nitrogens with zero attached hydrogens (tertiary/aromatic N) is 4. The van der Waals surface area contributed by atoms with Crippen molar-refractivity contribution in [3.05, 3.63) is 44.5 Å². The average Bonchev–Trinajstić information content (AvgIpc) is 3.44. The third-order valence-corrected chi connectivity index (χ3v) is 6.18. The molecule has 4 heterocycles. The van der Waals surface area contributed by atoms with Crippen molar-refractivity contribution in [1.82, 2.24) is 19.1 Å². The number of anilines is 2. The van der Waals surface area contributed by atoms with Gasteiger partial charge in [-0.05, 0) is 13.8 Å². The fourth-order valence-electron chi connectivity index (χ4n) is 3.67. The molecule has 0 bridgehead atoms. The van der Waals surface area contributed by atoms with Crippen LogP contribution in [0.4, 0.5) is 11.6 Å². The maximum atomic E-state index is 11.8. The first kappa shape index (κ1) is 30.0. The van der Waals surface area contributed by atoms with Crippen LogP contribution in [-0.2, 0) is 19.0 Å². The molecule has 2 aliphatic rings. The van der Waals surface area contributed by atoms with E-state index in [9.17, 15) is 19.8 Å². The lowest BCUT2D eigenvalue weighted by atomic mass is 10.2. The van der Waals surface area contributed by atoms with Crippen LogP contribution in [0, 0.1) is 13.8 Å². The first-order chi connectivity index (χ1) is 17.9. The highest BCUT2D eigenvalue weighted by molar-refractivity contribution is 7.45. The number of nitrogen functional groups attached to an aromatic ring is 2. The smallest absolute Gasteiger partial charge is 0.351 e. The zero-order chi connectivity index (χ0) is 28.1. The summed E-state index contributed by atoms with van der Waals surface area (Å²) in [6.07, 6.45) is -2.48. The molecule has 3 unspecified atom stereocenters. The molecule has 2 aromatic rings. The van der Waals surface area contributed by atoms with Crippen molar-refractivity contribution in [2.24, 2.45) is 0 Å². The van der Waals surface area contributed by atoms with E-state index < -0.39 is 63.2 Å². The predicted octanol–water partition coefficient (Wildman–Crippen LogP) is -2.28. The zero-order valence-electron chi connectivity index (χ0n) is 20.5. The van der Waals surface area contributed by atoms with E-state index in [1.165, 1.54) is 17.0 Å². The van der Waals surface area contributed by atoms with E-state index in [2.05, 4.69) is 14.6 Å². The summed E-state index contributed by atoms with van der Waals surface area (Å²) in [5, 5.41) is 37.3. The van der Waals surface area contributed by atoms with Gasteiger partial charge in [-0.1, -0.05) is 0 Å². The first-order valence-electron chi connectivity index (χ1n) is 11.3. The van der Waals surface area contributed by atoms with Crippen LogP contribution < -0.4 is 22.8 Å². The fourth-order valence-corrected chi connectivity index (χ4v) is 3.91. The van der Waals surface area contributed by atoms with Gasteiger partial charge in [-0.3, -0.25) is 9.13 Å². The number of aromatic nitrogens is 4. The van der Waals surface area contributed by atoms with E-state index in [1.807, 2.05) is 0 Å². The number of aryl methyl sites for hydroxylation is 2. The monoisotopic (exact) mass is 562 g/mol. The Labute approximate surface area is 216 Å². The van der Waals surface area contributed by atoms with Crippen LogP contribution in [-0.4, -0.2) is 82.0 Å². The molecule has 0 aliphatic carbocycles. The lowest BCUT2D eigenvalue weighted by Gasteiger charge is -2.18. The summed E-state index contributed by atoms with van der Waals surface area (Å²) in [6.45, 7) is 3.18. The van der Waals surface area contributed by atoms with Crippen LogP contribution in [0.15, 0.2) is 22.0 Å². The topological polar surface area (TPSA) is 260 Å². The molecule has 2 fully saturated rings. The van der Waals surface area contributed by atoms with Crippen LogP contribution in [0.25, 0.3) is 0 Å². The van der Waals surface area contributed by atoms with Gasteiger partial charge in [0.15, 0.2) is 18.7 Å². The normalized spacial score (nSPS) is 27.7. The quantitative estimate of drug-likeness (QED) is 0.106. The highest BCUT2D eigenvalue weighted by Crippen LogP contribution is 2.34. The molecule has 2 aliphatic heterocycles. The summed E-state index contributed by atoms with van der Waals surface area (Å²) >= 11 is 0. The molecule has 0 amide bonds. The SMILES string of the molecule is Cc1cn([C@@H]2O[C@H](CO)CC2O)c(=O)nc1N.Cc1cn([C@@H]2O[C@H](OOP(O)CO)CC2O)c(=O)nc1N. The molecule has 0 spiro atoms. The maximum Gasteiger partial charge on any atom is 0.351 e. The Hall–Kier alpha value is -2.57. The Morgan fingerprint density at radius 2 is 1.47 bits per heavy atom. The molecule has 2 saturated heterocycles.